The molecule has 0 aliphatic carbocycles. The minimum Gasteiger partial charge on any atom is -0.756 e. The third-order valence-corrected chi connectivity index (χ3v) is 6.19. The van der Waals surface area contributed by atoms with E-state index >= 15 is 0 Å². The molecular formula is C24H54CrO12P3. The van der Waals surface area contributed by atoms with E-state index in [0.29, 0.717) is 0 Å². The molecule has 0 heterocycles. The fourth-order valence-corrected chi connectivity index (χ4v) is 4.66. The first-order valence-corrected chi connectivity index (χ1v) is 17.7. The van der Waals surface area contributed by atoms with Crippen molar-refractivity contribution in [1.29, 1.82) is 0 Å². The van der Waals surface area contributed by atoms with E-state index in [0.717, 1.165) is 0 Å². The Hall–Kier alpha value is 0.862. The standard InChI is InChI=1S/3C8H19O4P.Cr/c3*1-7(2)5-11-13(9,10)12-6-8(3)4;/h3*7-8H,5-6H2,1-4H3,(H,9,10);/q;;;+3/p-3. The summed E-state index contributed by atoms with van der Waals surface area (Å²) in [5.41, 5.74) is 0. The molecule has 0 saturated carbocycles. The minimum atomic E-state index is -4.05. The Balaban J connectivity index is -0.000000240. The fraction of sp³-hybridized carbons (Fsp3) is 1.00. The second kappa shape index (κ2) is 25.2. The fourth-order valence-electron chi connectivity index (χ4n) is 1.55. The molecule has 0 amide bonds. The third-order valence-electron chi connectivity index (χ3n) is 3.40. The predicted octanol–water partition coefficient (Wildman–Crippen LogP) is 5.40. The van der Waals surface area contributed by atoms with Crippen LogP contribution in [0.4, 0.5) is 0 Å². The molecule has 0 spiro atoms. The normalized spacial score (nSPS) is 12.5. The molecule has 40 heavy (non-hydrogen) atoms. The van der Waals surface area contributed by atoms with Gasteiger partial charge in [-0.15, -0.1) is 0 Å². The van der Waals surface area contributed by atoms with Crippen LogP contribution in [-0.4, -0.2) is 39.6 Å². The van der Waals surface area contributed by atoms with Crippen molar-refractivity contribution in [1.82, 2.24) is 0 Å². The smallest absolute Gasteiger partial charge is 0.756 e. The number of phosphoric ester groups is 3. The quantitative estimate of drug-likeness (QED) is 0.169. The first-order valence-electron chi connectivity index (χ1n) is 13.3. The van der Waals surface area contributed by atoms with Gasteiger partial charge in [0, 0.05) is 0 Å². The van der Waals surface area contributed by atoms with Crippen LogP contribution >= 0.6 is 23.5 Å². The van der Waals surface area contributed by atoms with Crippen LogP contribution in [0.1, 0.15) is 83.1 Å². The number of rotatable bonds is 18. The van der Waals surface area contributed by atoms with E-state index in [1.807, 2.05) is 83.1 Å². The summed E-state index contributed by atoms with van der Waals surface area (Å²) in [7, 11) is -12.2. The van der Waals surface area contributed by atoms with Gasteiger partial charge in [0.1, 0.15) is 0 Å². The van der Waals surface area contributed by atoms with E-state index < -0.39 is 23.5 Å². The molecule has 243 valence electrons. The van der Waals surface area contributed by atoms with Gasteiger partial charge in [-0.2, -0.15) is 0 Å². The second-order valence-corrected chi connectivity index (χ2v) is 15.7. The minimum absolute atomic E-state index is 0. The predicted molar refractivity (Wildman–Crippen MR) is 148 cm³/mol. The summed E-state index contributed by atoms with van der Waals surface area (Å²) in [6.45, 7) is 23.6. The van der Waals surface area contributed by atoms with Crippen molar-refractivity contribution in [2.24, 2.45) is 35.5 Å². The molecule has 16 heteroatoms. The summed E-state index contributed by atoms with van der Waals surface area (Å²) in [6.07, 6.45) is 0. The molecule has 0 rings (SSSR count). The van der Waals surface area contributed by atoms with Crippen LogP contribution < -0.4 is 14.7 Å². The van der Waals surface area contributed by atoms with Gasteiger partial charge in [0.25, 0.3) is 23.5 Å². The molecule has 0 aromatic rings. The molecule has 12 nitrogen and oxygen atoms in total. The summed E-state index contributed by atoms with van der Waals surface area (Å²) < 4.78 is 60.8. The maximum Gasteiger partial charge on any atom is 3.00 e. The Labute approximate surface area is 254 Å². The van der Waals surface area contributed by atoms with Gasteiger partial charge in [0.15, 0.2) is 0 Å². The zero-order valence-electron chi connectivity index (χ0n) is 26.4. The van der Waals surface area contributed by atoms with Crippen LogP contribution in [0.5, 0.6) is 0 Å². The van der Waals surface area contributed by atoms with Crippen molar-refractivity contribution in [2.45, 2.75) is 83.1 Å². The molecular weight excluding hydrogens is 625 g/mol. The van der Waals surface area contributed by atoms with Gasteiger partial charge in [-0.25, -0.2) is 0 Å². The molecule has 0 aliphatic rings. The third kappa shape index (κ3) is 41.0. The molecule has 0 N–H and O–H groups in total. The van der Waals surface area contributed by atoms with Crippen LogP contribution in [0.25, 0.3) is 0 Å². The van der Waals surface area contributed by atoms with Gasteiger partial charge in [0.05, 0.1) is 39.6 Å². The second-order valence-electron chi connectivity index (χ2n) is 11.5. The van der Waals surface area contributed by atoms with E-state index in [1.54, 1.807) is 0 Å². The molecule has 0 aromatic heterocycles. The number of phosphoric acid groups is 3. The zero-order valence-corrected chi connectivity index (χ0v) is 30.3. The van der Waals surface area contributed by atoms with Crippen LogP contribution in [0.3, 0.4) is 0 Å². The van der Waals surface area contributed by atoms with Crippen molar-refractivity contribution < 1.29 is 72.9 Å². The Bertz CT molecular complexity index is 591. The monoisotopic (exact) mass is 679 g/mol. The van der Waals surface area contributed by atoms with E-state index in [1.165, 1.54) is 0 Å². The summed E-state index contributed by atoms with van der Waals surface area (Å²) >= 11 is 0. The average molecular weight is 680 g/mol. The molecule has 0 fully saturated rings. The van der Waals surface area contributed by atoms with Gasteiger partial charge in [-0.3, -0.25) is 13.7 Å². The molecule has 1 radical (unpaired) electrons. The maximum absolute atomic E-state index is 11.0. The zero-order chi connectivity index (χ0) is 31.4. The van der Waals surface area contributed by atoms with Crippen molar-refractivity contribution in [3.05, 3.63) is 0 Å². The van der Waals surface area contributed by atoms with Crippen molar-refractivity contribution in [3.8, 4) is 0 Å². The van der Waals surface area contributed by atoms with Crippen molar-refractivity contribution >= 4 is 23.5 Å². The van der Waals surface area contributed by atoms with E-state index in [4.69, 9.17) is 0 Å². The topological polar surface area (TPSA) is 176 Å². The molecule has 0 bridgehead atoms. The summed E-state index contributed by atoms with van der Waals surface area (Å²) in [5, 5.41) is 0. The van der Waals surface area contributed by atoms with Crippen LogP contribution in [0, 0.1) is 35.5 Å². The summed E-state index contributed by atoms with van der Waals surface area (Å²) in [4.78, 5) is 33.1. The Morgan fingerprint density at radius 2 is 0.475 bits per heavy atom. The van der Waals surface area contributed by atoms with Crippen molar-refractivity contribution in [3.63, 3.8) is 0 Å². The first kappa shape index (κ1) is 47.8. The molecule has 0 aromatic carbocycles. The molecule has 0 atom stereocenters. The van der Waals surface area contributed by atoms with Crippen LogP contribution in [0.2, 0.25) is 0 Å². The largest absolute Gasteiger partial charge is 3.00 e. The summed E-state index contributed by atoms with van der Waals surface area (Å²) in [5.74, 6) is 1.11. The van der Waals surface area contributed by atoms with Gasteiger partial charge in [0.2, 0.25) is 0 Å². The van der Waals surface area contributed by atoms with E-state index in [-0.39, 0.29) is 92.5 Å². The van der Waals surface area contributed by atoms with Crippen LogP contribution in [-0.2, 0) is 58.2 Å². The van der Waals surface area contributed by atoms with E-state index in [9.17, 15) is 28.4 Å². The SMILES string of the molecule is CC(C)COP(=O)([O-])OCC(C)C.CC(C)COP(=O)([O-])OCC(C)C.CC(C)COP(=O)([O-])OCC(C)C.[Cr+3]. The van der Waals surface area contributed by atoms with Gasteiger partial charge < -0.3 is 41.8 Å². The first-order chi connectivity index (χ1) is 17.5. The van der Waals surface area contributed by atoms with Crippen molar-refractivity contribution in [2.75, 3.05) is 39.6 Å². The van der Waals surface area contributed by atoms with Gasteiger partial charge in [-0.1, -0.05) is 83.1 Å². The molecule has 0 saturated heterocycles. The Morgan fingerprint density at radius 3 is 0.550 bits per heavy atom. The summed E-state index contributed by atoms with van der Waals surface area (Å²) in [6, 6.07) is 0. The maximum atomic E-state index is 11.0. The van der Waals surface area contributed by atoms with Crippen LogP contribution in [0.15, 0.2) is 0 Å². The number of hydrogen-bond acceptors (Lipinski definition) is 12. The average Bonchev–Trinajstić information content (AvgIpc) is 2.78. The van der Waals surface area contributed by atoms with Gasteiger partial charge in [-0.05, 0) is 35.5 Å². The van der Waals surface area contributed by atoms with Gasteiger partial charge >= 0.3 is 17.4 Å². The Kier molecular flexibility index (Phi) is 30.1. The number of hydrogen-bond donors (Lipinski definition) is 0. The van der Waals surface area contributed by atoms with E-state index in [2.05, 4.69) is 27.1 Å². The Morgan fingerprint density at radius 1 is 0.375 bits per heavy atom. The molecule has 0 aliphatic heterocycles. The molecule has 0 unspecified atom stereocenters.